The number of hydrogen-bond acceptors (Lipinski definition) is 5. The monoisotopic (exact) mass is 524 g/mol. The number of aryl methyl sites for hydroxylation is 1. The summed E-state index contributed by atoms with van der Waals surface area (Å²) < 4.78 is 1.70. The number of primary amides is 1. The standard InChI is InChI=1S/C29H28N6O4/c1-19-16-26(27(30)36)32-35(19)24-9-4-21(5-10-24)17-20-2-6-22(7-3-20)23-8-11-25(31-18-23)28(37)33-12-14-34(15-13-33)29(38)39/h2-11,16,18H,12-15,17H2,1H3,(H2,30,36)(H,38,39). The summed E-state index contributed by atoms with van der Waals surface area (Å²) in [4.78, 5) is 42.6. The average molecular weight is 525 g/mol. The first-order valence-corrected chi connectivity index (χ1v) is 12.6. The molecule has 1 aliphatic heterocycles. The van der Waals surface area contributed by atoms with Crippen molar-refractivity contribution in [2.75, 3.05) is 26.2 Å². The summed E-state index contributed by atoms with van der Waals surface area (Å²) in [5, 5.41) is 13.4. The van der Waals surface area contributed by atoms with Crippen molar-refractivity contribution in [3.63, 3.8) is 0 Å². The largest absolute Gasteiger partial charge is 0.465 e. The van der Waals surface area contributed by atoms with Crippen LogP contribution < -0.4 is 5.73 Å². The molecule has 1 fully saturated rings. The van der Waals surface area contributed by atoms with E-state index >= 15 is 0 Å². The summed E-state index contributed by atoms with van der Waals surface area (Å²) in [5.74, 6) is -0.741. The van der Waals surface area contributed by atoms with Gasteiger partial charge in [-0.05, 0) is 54.3 Å². The second-order valence-electron chi connectivity index (χ2n) is 9.48. The number of amides is 3. The van der Waals surface area contributed by atoms with Crippen molar-refractivity contribution in [1.82, 2.24) is 24.6 Å². The van der Waals surface area contributed by atoms with Crippen molar-refractivity contribution >= 4 is 17.9 Å². The minimum atomic E-state index is -0.963. The summed E-state index contributed by atoms with van der Waals surface area (Å²) in [6, 6.07) is 21.5. The second-order valence-corrected chi connectivity index (χ2v) is 9.48. The van der Waals surface area contributed by atoms with Gasteiger partial charge in [-0.2, -0.15) is 5.10 Å². The topological polar surface area (TPSA) is 135 Å². The highest BCUT2D eigenvalue weighted by molar-refractivity contribution is 5.93. The molecule has 2 aromatic heterocycles. The number of benzene rings is 2. The lowest BCUT2D eigenvalue weighted by Crippen LogP contribution is -2.50. The lowest BCUT2D eigenvalue weighted by atomic mass is 10.0. The molecule has 10 heteroatoms. The normalized spacial score (nSPS) is 13.4. The molecule has 1 saturated heterocycles. The Morgan fingerprint density at radius 2 is 1.41 bits per heavy atom. The molecule has 0 bridgehead atoms. The number of carbonyl (C=O) groups is 3. The number of aromatic nitrogens is 3. The van der Waals surface area contributed by atoms with E-state index in [-0.39, 0.29) is 11.6 Å². The van der Waals surface area contributed by atoms with Crippen LogP contribution in [0.3, 0.4) is 0 Å². The summed E-state index contributed by atoms with van der Waals surface area (Å²) in [6.45, 7) is 3.20. The van der Waals surface area contributed by atoms with E-state index in [1.165, 1.54) is 4.90 Å². The minimum absolute atomic E-state index is 0.191. The summed E-state index contributed by atoms with van der Waals surface area (Å²) in [5.41, 5.74) is 11.8. The van der Waals surface area contributed by atoms with Crippen LogP contribution in [0.4, 0.5) is 4.79 Å². The molecule has 4 aromatic rings. The summed E-state index contributed by atoms with van der Waals surface area (Å²) >= 11 is 0. The third-order valence-electron chi connectivity index (χ3n) is 6.84. The predicted molar refractivity (Wildman–Crippen MR) is 145 cm³/mol. The van der Waals surface area contributed by atoms with Gasteiger partial charge in [-0.3, -0.25) is 14.6 Å². The van der Waals surface area contributed by atoms with Gasteiger partial charge in [0.25, 0.3) is 11.8 Å². The van der Waals surface area contributed by atoms with Gasteiger partial charge in [0, 0.05) is 43.6 Å². The summed E-state index contributed by atoms with van der Waals surface area (Å²) in [7, 11) is 0. The molecule has 2 aromatic carbocycles. The van der Waals surface area contributed by atoms with Crippen LogP contribution in [0.25, 0.3) is 16.8 Å². The minimum Gasteiger partial charge on any atom is -0.465 e. The van der Waals surface area contributed by atoms with Crippen LogP contribution in [-0.4, -0.2) is 73.8 Å². The first kappa shape index (κ1) is 25.7. The van der Waals surface area contributed by atoms with Crippen molar-refractivity contribution in [1.29, 1.82) is 0 Å². The van der Waals surface area contributed by atoms with Crippen molar-refractivity contribution in [2.45, 2.75) is 13.3 Å². The number of pyridine rings is 1. The smallest absolute Gasteiger partial charge is 0.407 e. The third-order valence-corrected chi connectivity index (χ3v) is 6.84. The zero-order chi connectivity index (χ0) is 27.5. The van der Waals surface area contributed by atoms with E-state index in [9.17, 15) is 14.4 Å². The fraction of sp³-hybridized carbons (Fsp3) is 0.207. The predicted octanol–water partition coefficient (Wildman–Crippen LogP) is 3.37. The average Bonchev–Trinajstić information content (AvgIpc) is 3.35. The number of piperazine rings is 1. The fourth-order valence-corrected chi connectivity index (χ4v) is 4.62. The molecular formula is C29H28N6O4. The molecule has 0 unspecified atom stereocenters. The zero-order valence-electron chi connectivity index (χ0n) is 21.4. The van der Waals surface area contributed by atoms with Gasteiger partial charge in [0.1, 0.15) is 5.69 Å². The highest BCUT2D eigenvalue weighted by Gasteiger charge is 2.25. The fourth-order valence-electron chi connectivity index (χ4n) is 4.62. The molecule has 0 radical (unpaired) electrons. The van der Waals surface area contributed by atoms with E-state index in [1.54, 1.807) is 27.9 Å². The molecule has 198 valence electrons. The number of hydrogen-bond donors (Lipinski definition) is 2. The van der Waals surface area contributed by atoms with Gasteiger partial charge < -0.3 is 20.6 Å². The Labute approximate surface area is 225 Å². The van der Waals surface area contributed by atoms with Gasteiger partial charge in [-0.1, -0.05) is 42.5 Å². The molecule has 0 atom stereocenters. The van der Waals surface area contributed by atoms with Crippen molar-refractivity contribution in [3.8, 4) is 16.8 Å². The Morgan fingerprint density at radius 3 is 1.95 bits per heavy atom. The zero-order valence-corrected chi connectivity index (χ0v) is 21.4. The molecular weight excluding hydrogens is 496 g/mol. The molecule has 3 amide bonds. The molecule has 10 nitrogen and oxygen atoms in total. The van der Waals surface area contributed by atoms with E-state index in [2.05, 4.69) is 22.2 Å². The van der Waals surface area contributed by atoms with Crippen LogP contribution in [0.5, 0.6) is 0 Å². The maximum atomic E-state index is 12.8. The number of nitrogens with zero attached hydrogens (tertiary/aromatic N) is 5. The van der Waals surface area contributed by atoms with Gasteiger partial charge in [0.15, 0.2) is 5.69 Å². The Kier molecular flexibility index (Phi) is 7.09. The maximum absolute atomic E-state index is 12.8. The van der Waals surface area contributed by atoms with Crippen molar-refractivity contribution < 1.29 is 19.5 Å². The van der Waals surface area contributed by atoms with Crippen LogP contribution in [0, 0.1) is 6.92 Å². The number of carboxylic acid groups (broad SMARTS) is 1. The SMILES string of the molecule is Cc1cc(C(N)=O)nn1-c1ccc(Cc2ccc(-c3ccc(C(=O)N4CCN(C(=O)O)CC4)nc3)cc2)cc1. The van der Waals surface area contributed by atoms with Crippen molar-refractivity contribution in [2.24, 2.45) is 5.73 Å². The van der Waals surface area contributed by atoms with Crippen LogP contribution in [0.15, 0.2) is 72.9 Å². The number of rotatable bonds is 6. The molecule has 3 heterocycles. The lowest BCUT2D eigenvalue weighted by Gasteiger charge is -2.32. The molecule has 0 aliphatic carbocycles. The Bertz CT molecular complexity index is 1500. The van der Waals surface area contributed by atoms with Gasteiger partial charge in [-0.15, -0.1) is 0 Å². The molecule has 0 spiro atoms. The first-order valence-electron chi connectivity index (χ1n) is 12.6. The van der Waals surface area contributed by atoms with E-state index in [4.69, 9.17) is 10.8 Å². The maximum Gasteiger partial charge on any atom is 0.407 e. The molecule has 1 aliphatic rings. The molecule has 39 heavy (non-hydrogen) atoms. The number of nitrogens with two attached hydrogens (primary N) is 1. The van der Waals surface area contributed by atoms with E-state index in [0.717, 1.165) is 40.1 Å². The van der Waals surface area contributed by atoms with Crippen LogP contribution in [0.1, 0.15) is 37.8 Å². The van der Waals surface area contributed by atoms with Crippen molar-refractivity contribution in [3.05, 3.63) is 101 Å². The Morgan fingerprint density at radius 1 is 0.821 bits per heavy atom. The van der Waals surface area contributed by atoms with Gasteiger partial charge in [0.05, 0.1) is 5.69 Å². The van der Waals surface area contributed by atoms with Gasteiger partial charge in [-0.25, -0.2) is 9.48 Å². The molecule has 5 rings (SSSR count). The second kappa shape index (κ2) is 10.8. The summed E-state index contributed by atoms with van der Waals surface area (Å²) in [6.07, 6.45) is 1.48. The van der Waals surface area contributed by atoms with Gasteiger partial charge in [0.2, 0.25) is 0 Å². The number of carbonyl (C=O) groups excluding carboxylic acids is 2. The molecule has 0 saturated carbocycles. The van der Waals surface area contributed by atoms with Gasteiger partial charge >= 0.3 is 6.09 Å². The van der Waals surface area contributed by atoms with Crippen LogP contribution >= 0.6 is 0 Å². The first-order chi connectivity index (χ1) is 18.8. The third kappa shape index (κ3) is 5.64. The van der Waals surface area contributed by atoms with E-state index in [0.29, 0.717) is 31.9 Å². The van der Waals surface area contributed by atoms with E-state index in [1.807, 2.05) is 49.4 Å². The quantitative estimate of drug-likeness (QED) is 0.397. The van der Waals surface area contributed by atoms with E-state index < -0.39 is 12.0 Å². The highest BCUT2D eigenvalue weighted by Crippen LogP contribution is 2.22. The van der Waals surface area contributed by atoms with Crippen LogP contribution in [0.2, 0.25) is 0 Å². The lowest BCUT2D eigenvalue weighted by molar-refractivity contribution is 0.0619. The molecule has 3 N–H and O–H groups in total. The Hall–Kier alpha value is -4.99. The Balaban J connectivity index is 1.20. The highest BCUT2D eigenvalue weighted by atomic mass is 16.4. The van der Waals surface area contributed by atoms with Crippen LogP contribution in [-0.2, 0) is 6.42 Å².